The van der Waals surface area contributed by atoms with Crippen LogP contribution in [0, 0.1) is 12.8 Å². The maximum Gasteiger partial charge on any atom is 0.313 e. The molecule has 2 aromatic rings. The number of allylic oxidation sites excluding steroid dienone is 1. The van der Waals surface area contributed by atoms with E-state index in [9.17, 15) is 9.59 Å². The van der Waals surface area contributed by atoms with Gasteiger partial charge in [-0.25, -0.2) is 0 Å². The smallest absolute Gasteiger partial charge is 0.313 e. The number of esters is 1. The van der Waals surface area contributed by atoms with Crippen LogP contribution in [0.25, 0.3) is 6.08 Å². The molecule has 2 aromatic carbocycles. The normalized spacial score (nSPS) is 14.5. The Hall–Kier alpha value is -2.30. The summed E-state index contributed by atoms with van der Waals surface area (Å²) in [7, 11) is 0. The average Bonchev–Trinajstić information content (AvgIpc) is 2.90. The molecule has 0 spiro atoms. The molecule has 0 N–H and O–H groups in total. The van der Waals surface area contributed by atoms with E-state index in [4.69, 9.17) is 32.7 Å². The van der Waals surface area contributed by atoms with Gasteiger partial charge in [0.25, 0.3) is 0 Å². The number of hydrogen-bond acceptors (Lipinski definition) is 4. The van der Waals surface area contributed by atoms with Crippen molar-refractivity contribution in [3.05, 3.63) is 62.8 Å². The van der Waals surface area contributed by atoms with E-state index in [0.717, 1.165) is 0 Å². The molecule has 3 rings (SSSR count). The van der Waals surface area contributed by atoms with Gasteiger partial charge in [0.2, 0.25) is 5.78 Å². The molecule has 0 aromatic heterocycles. The van der Waals surface area contributed by atoms with Crippen molar-refractivity contribution >= 4 is 41.0 Å². The highest BCUT2D eigenvalue weighted by Gasteiger charge is 2.30. The highest BCUT2D eigenvalue weighted by atomic mass is 35.5. The Bertz CT molecular complexity index is 945. The summed E-state index contributed by atoms with van der Waals surface area (Å²) in [4.78, 5) is 24.4. The first kappa shape index (κ1) is 18.5. The lowest BCUT2D eigenvalue weighted by Crippen LogP contribution is -2.15. The maximum absolute atomic E-state index is 12.6. The van der Waals surface area contributed by atoms with Gasteiger partial charge in [-0.1, -0.05) is 43.1 Å². The second-order valence-electron chi connectivity index (χ2n) is 6.25. The van der Waals surface area contributed by atoms with Gasteiger partial charge in [0, 0.05) is 5.56 Å². The summed E-state index contributed by atoms with van der Waals surface area (Å²) in [6, 6.07) is 8.25. The highest BCUT2D eigenvalue weighted by Crippen LogP contribution is 2.39. The minimum atomic E-state index is -0.344. The van der Waals surface area contributed by atoms with Gasteiger partial charge in [0.05, 0.1) is 21.5 Å². The zero-order chi connectivity index (χ0) is 19.0. The first-order valence-corrected chi connectivity index (χ1v) is 8.78. The summed E-state index contributed by atoms with van der Waals surface area (Å²) in [6.07, 6.45) is 1.60. The van der Waals surface area contributed by atoms with Crippen molar-refractivity contribution in [1.82, 2.24) is 0 Å². The molecular formula is C20H16Cl2O4. The van der Waals surface area contributed by atoms with Crippen molar-refractivity contribution in [1.29, 1.82) is 0 Å². The summed E-state index contributed by atoms with van der Waals surface area (Å²) in [5.41, 5.74) is 1.72. The van der Waals surface area contributed by atoms with E-state index in [2.05, 4.69) is 0 Å². The SMILES string of the molecule is Cc1c(OC(=O)C(C)C)ccc2c1O/C(=C\c1ccc(Cl)c(Cl)c1)C2=O. The number of carbonyl (C=O) groups is 2. The van der Waals surface area contributed by atoms with Crippen LogP contribution in [0.5, 0.6) is 11.5 Å². The fourth-order valence-corrected chi connectivity index (χ4v) is 2.76. The molecule has 1 aliphatic heterocycles. The standard InChI is InChI=1S/C20H16Cl2O4/c1-10(2)20(24)26-16-7-5-13-18(23)17(25-19(13)11(16)3)9-12-4-6-14(21)15(22)8-12/h4-10H,1-3H3/b17-9-. The number of ether oxygens (including phenoxy) is 2. The van der Waals surface area contributed by atoms with Crippen LogP contribution < -0.4 is 9.47 Å². The molecule has 0 bridgehead atoms. The fourth-order valence-electron chi connectivity index (χ4n) is 2.46. The zero-order valence-corrected chi connectivity index (χ0v) is 15.9. The largest absolute Gasteiger partial charge is 0.452 e. The molecule has 0 aliphatic carbocycles. The van der Waals surface area contributed by atoms with Crippen LogP contribution in [0.3, 0.4) is 0 Å². The second-order valence-corrected chi connectivity index (χ2v) is 7.07. The van der Waals surface area contributed by atoms with E-state index < -0.39 is 0 Å². The number of benzene rings is 2. The number of halogens is 2. The Morgan fingerprint density at radius 3 is 2.54 bits per heavy atom. The fraction of sp³-hybridized carbons (Fsp3) is 0.200. The van der Waals surface area contributed by atoms with Crippen LogP contribution >= 0.6 is 23.2 Å². The minimum Gasteiger partial charge on any atom is -0.452 e. The molecule has 0 radical (unpaired) electrons. The molecule has 0 saturated carbocycles. The molecule has 4 nitrogen and oxygen atoms in total. The second kappa shape index (κ2) is 7.14. The molecule has 26 heavy (non-hydrogen) atoms. The van der Waals surface area contributed by atoms with Gasteiger partial charge in [-0.05, 0) is 42.8 Å². The van der Waals surface area contributed by atoms with Gasteiger partial charge in [-0.15, -0.1) is 0 Å². The number of ketones is 1. The third-order valence-electron chi connectivity index (χ3n) is 3.96. The lowest BCUT2D eigenvalue weighted by molar-refractivity contribution is -0.137. The van der Waals surface area contributed by atoms with E-state index in [-0.39, 0.29) is 23.4 Å². The van der Waals surface area contributed by atoms with E-state index >= 15 is 0 Å². The first-order chi connectivity index (χ1) is 12.3. The quantitative estimate of drug-likeness (QED) is 0.395. The van der Waals surface area contributed by atoms with Crippen LogP contribution in [0.2, 0.25) is 10.0 Å². The first-order valence-electron chi connectivity index (χ1n) is 8.02. The molecule has 0 atom stereocenters. The Labute approximate surface area is 161 Å². The van der Waals surface area contributed by atoms with Gasteiger partial charge in [-0.3, -0.25) is 9.59 Å². The molecule has 1 heterocycles. The van der Waals surface area contributed by atoms with Crippen molar-refractivity contribution in [2.24, 2.45) is 5.92 Å². The Kier molecular flexibility index (Phi) is 5.08. The monoisotopic (exact) mass is 390 g/mol. The van der Waals surface area contributed by atoms with Crippen LogP contribution in [0.1, 0.15) is 35.3 Å². The summed E-state index contributed by atoms with van der Waals surface area (Å²) >= 11 is 11.9. The molecule has 134 valence electrons. The predicted molar refractivity (Wildman–Crippen MR) is 101 cm³/mol. The van der Waals surface area contributed by atoms with Gasteiger partial charge in [0.1, 0.15) is 11.5 Å². The van der Waals surface area contributed by atoms with E-state index in [0.29, 0.717) is 38.2 Å². The zero-order valence-electron chi connectivity index (χ0n) is 14.4. The lowest BCUT2D eigenvalue weighted by Gasteiger charge is -2.11. The summed E-state index contributed by atoms with van der Waals surface area (Å²) in [5, 5.41) is 0.825. The highest BCUT2D eigenvalue weighted by molar-refractivity contribution is 6.42. The summed E-state index contributed by atoms with van der Waals surface area (Å²) < 4.78 is 11.1. The lowest BCUT2D eigenvalue weighted by atomic mass is 10.1. The van der Waals surface area contributed by atoms with Crippen molar-refractivity contribution < 1.29 is 19.1 Å². The minimum absolute atomic E-state index is 0.175. The molecule has 0 saturated heterocycles. The van der Waals surface area contributed by atoms with Crippen LogP contribution in [0.15, 0.2) is 36.1 Å². The van der Waals surface area contributed by atoms with Gasteiger partial charge >= 0.3 is 5.97 Å². The maximum atomic E-state index is 12.6. The number of Topliss-reactive ketones (excluding diaryl/α,β-unsaturated/α-hetero) is 1. The number of rotatable bonds is 3. The number of carbonyl (C=O) groups excluding carboxylic acids is 2. The Morgan fingerprint density at radius 1 is 1.15 bits per heavy atom. The van der Waals surface area contributed by atoms with Crippen molar-refractivity contribution in [3.8, 4) is 11.5 Å². The molecule has 1 aliphatic rings. The third kappa shape index (κ3) is 3.48. The third-order valence-corrected chi connectivity index (χ3v) is 4.70. The summed E-state index contributed by atoms with van der Waals surface area (Å²) in [5.74, 6) is 0.116. The van der Waals surface area contributed by atoms with Gasteiger partial charge in [-0.2, -0.15) is 0 Å². The topological polar surface area (TPSA) is 52.6 Å². The Balaban J connectivity index is 1.93. The van der Waals surface area contributed by atoms with Crippen LogP contribution in [-0.2, 0) is 4.79 Å². The summed E-state index contributed by atoms with van der Waals surface area (Å²) in [6.45, 7) is 5.25. The van der Waals surface area contributed by atoms with E-state index in [1.807, 2.05) is 0 Å². The average molecular weight is 391 g/mol. The van der Waals surface area contributed by atoms with Crippen molar-refractivity contribution in [2.45, 2.75) is 20.8 Å². The predicted octanol–water partition coefficient (Wildman–Crippen LogP) is 5.48. The van der Waals surface area contributed by atoms with Crippen LogP contribution in [-0.4, -0.2) is 11.8 Å². The van der Waals surface area contributed by atoms with Crippen LogP contribution in [0.4, 0.5) is 0 Å². The van der Waals surface area contributed by atoms with E-state index in [1.165, 1.54) is 0 Å². The van der Waals surface area contributed by atoms with Gasteiger partial charge in [0.15, 0.2) is 5.76 Å². The molecule has 0 amide bonds. The number of fused-ring (bicyclic) bond motifs is 1. The van der Waals surface area contributed by atoms with Gasteiger partial charge < -0.3 is 9.47 Å². The Morgan fingerprint density at radius 2 is 1.88 bits per heavy atom. The molecule has 0 fully saturated rings. The van der Waals surface area contributed by atoms with Crippen molar-refractivity contribution in [3.63, 3.8) is 0 Å². The molecule has 0 unspecified atom stereocenters. The molecular weight excluding hydrogens is 375 g/mol. The van der Waals surface area contributed by atoms with Crippen molar-refractivity contribution in [2.75, 3.05) is 0 Å². The van der Waals surface area contributed by atoms with E-state index in [1.54, 1.807) is 57.2 Å². The number of hydrogen-bond donors (Lipinski definition) is 0. The molecule has 6 heteroatoms.